The van der Waals surface area contributed by atoms with Crippen LogP contribution in [0.1, 0.15) is 24.5 Å². The van der Waals surface area contributed by atoms with Gasteiger partial charge in [0, 0.05) is 0 Å². The van der Waals surface area contributed by atoms with Crippen LogP contribution in [0, 0.1) is 5.92 Å². The van der Waals surface area contributed by atoms with Gasteiger partial charge in [0.1, 0.15) is 11.5 Å². The van der Waals surface area contributed by atoms with E-state index in [1.165, 1.54) is 7.11 Å². The van der Waals surface area contributed by atoms with Crippen LogP contribution in [0.2, 0.25) is 0 Å². The average Bonchev–Trinajstić information content (AvgIpc) is 2.61. The lowest BCUT2D eigenvalue weighted by molar-refractivity contribution is -0.139. The highest BCUT2D eigenvalue weighted by atomic mass is 16.5. The molecule has 0 unspecified atom stereocenters. The maximum Gasteiger partial charge on any atom is 0.309 e. The Morgan fingerprint density at radius 3 is 2.40 bits per heavy atom. The van der Waals surface area contributed by atoms with Crippen LogP contribution in [0.3, 0.4) is 0 Å². The Bertz CT molecular complexity index is 668. The number of benzene rings is 2. The second-order valence-electron chi connectivity index (χ2n) is 6.31. The molecule has 0 aromatic heterocycles. The van der Waals surface area contributed by atoms with Gasteiger partial charge in [-0.25, -0.2) is 0 Å². The van der Waals surface area contributed by atoms with Gasteiger partial charge in [-0.1, -0.05) is 49.4 Å². The maximum atomic E-state index is 11.2. The second-order valence-corrected chi connectivity index (χ2v) is 6.31. The van der Waals surface area contributed by atoms with Crippen molar-refractivity contribution >= 4 is 5.97 Å². The van der Waals surface area contributed by atoms with Gasteiger partial charge in [0.25, 0.3) is 0 Å². The molecule has 0 amide bonds. The smallest absolute Gasteiger partial charge is 0.309 e. The first-order valence-corrected chi connectivity index (χ1v) is 8.26. The number of nitrogens with two attached hydrogens (primary N) is 1. The molecular formula is C20H25NO4. The summed E-state index contributed by atoms with van der Waals surface area (Å²) < 4.78 is 10.4. The number of hydrogen-bond donors (Lipinski definition) is 2. The fourth-order valence-electron chi connectivity index (χ4n) is 2.62. The minimum absolute atomic E-state index is 0.0601. The zero-order valence-corrected chi connectivity index (χ0v) is 14.6. The number of rotatable bonds is 8. The van der Waals surface area contributed by atoms with E-state index in [4.69, 9.17) is 10.5 Å². The minimum atomic E-state index is -1.38. The fraction of sp³-hybridized carbons (Fsp3) is 0.350. The number of carbonyl (C=O) groups is 1. The monoisotopic (exact) mass is 343 g/mol. The lowest BCUT2D eigenvalue weighted by Crippen LogP contribution is -2.38. The summed E-state index contributed by atoms with van der Waals surface area (Å²) in [5, 5.41) is 10.5. The van der Waals surface area contributed by atoms with E-state index in [1.54, 1.807) is 0 Å². The van der Waals surface area contributed by atoms with Crippen molar-refractivity contribution in [1.29, 1.82) is 0 Å². The Hall–Kier alpha value is -2.37. The van der Waals surface area contributed by atoms with Crippen molar-refractivity contribution in [3.8, 4) is 5.75 Å². The third-order valence-electron chi connectivity index (χ3n) is 3.97. The Kier molecular flexibility index (Phi) is 6.56. The van der Waals surface area contributed by atoms with Gasteiger partial charge < -0.3 is 14.6 Å². The lowest BCUT2D eigenvalue weighted by Gasteiger charge is -2.27. The normalized spacial score (nSPS) is 14.4. The molecule has 5 nitrogen and oxygen atoms in total. The zero-order valence-electron chi connectivity index (χ0n) is 14.6. The Balaban J connectivity index is 1.85. The van der Waals surface area contributed by atoms with Crippen molar-refractivity contribution in [2.75, 3.05) is 13.7 Å². The summed E-state index contributed by atoms with van der Waals surface area (Å²) in [4.78, 5) is 11.2. The first kappa shape index (κ1) is 19.0. The zero-order chi connectivity index (χ0) is 18.3. The van der Waals surface area contributed by atoms with Crippen LogP contribution in [-0.4, -0.2) is 24.8 Å². The van der Waals surface area contributed by atoms with Crippen molar-refractivity contribution in [3.63, 3.8) is 0 Å². The summed E-state index contributed by atoms with van der Waals surface area (Å²) >= 11 is 0. The summed E-state index contributed by atoms with van der Waals surface area (Å²) in [6.07, 6.45) is 0.627. The van der Waals surface area contributed by atoms with Crippen LogP contribution < -0.4 is 10.5 Å². The Morgan fingerprint density at radius 1 is 1.16 bits per heavy atom. The molecule has 134 valence electrons. The van der Waals surface area contributed by atoms with E-state index in [2.05, 4.69) is 4.74 Å². The summed E-state index contributed by atoms with van der Waals surface area (Å²) in [5.74, 6) is 0.496. The number of carbonyl (C=O) groups excluding carboxylic acids is 1. The molecule has 0 aliphatic rings. The molecule has 25 heavy (non-hydrogen) atoms. The molecular weight excluding hydrogens is 318 g/mol. The highest BCUT2D eigenvalue weighted by molar-refractivity contribution is 5.72. The number of methoxy groups -OCH3 is 1. The molecule has 3 N–H and O–H groups in total. The molecule has 0 radical (unpaired) electrons. The van der Waals surface area contributed by atoms with Crippen molar-refractivity contribution < 1.29 is 19.4 Å². The molecule has 0 fully saturated rings. The highest BCUT2D eigenvalue weighted by Crippen LogP contribution is 2.24. The molecule has 0 saturated carbocycles. The van der Waals surface area contributed by atoms with E-state index in [0.717, 1.165) is 5.56 Å². The van der Waals surface area contributed by atoms with Gasteiger partial charge in [0.05, 0.1) is 20.1 Å². The number of hydrogen-bond acceptors (Lipinski definition) is 5. The molecule has 2 atom stereocenters. The van der Waals surface area contributed by atoms with Crippen LogP contribution in [0.25, 0.3) is 0 Å². The van der Waals surface area contributed by atoms with E-state index in [0.29, 0.717) is 24.3 Å². The van der Waals surface area contributed by atoms with Gasteiger partial charge in [-0.3, -0.25) is 10.5 Å². The largest absolute Gasteiger partial charge is 0.493 e. The third kappa shape index (κ3) is 5.89. The lowest BCUT2D eigenvalue weighted by atomic mass is 9.93. The topological polar surface area (TPSA) is 81.8 Å². The van der Waals surface area contributed by atoms with E-state index < -0.39 is 5.72 Å². The van der Waals surface area contributed by atoms with Gasteiger partial charge in [-0.2, -0.15) is 0 Å². The van der Waals surface area contributed by atoms with Gasteiger partial charge in [0.15, 0.2) is 0 Å². The first-order valence-electron chi connectivity index (χ1n) is 8.26. The second kappa shape index (κ2) is 8.65. The quantitative estimate of drug-likeness (QED) is 0.569. The van der Waals surface area contributed by atoms with Gasteiger partial charge in [0.2, 0.25) is 0 Å². The van der Waals surface area contributed by atoms with Crippen LogP contribution >= 0.6 is 0 Å². The number of ether oxygens (including phenoxy) is 2. The summed E-state index contributed by atoms with van der Waals surface area (Å²) in [6, 6.07) is 16.5. The number of esters is 1. The average molecular weight is 343 g/mol. The van der Waals surface area contributed by atoms with Gasteiger partial charge in [-0.15, -0.1) is 0 Å². The maximum absolute atomic E-state index is 11.2. The van der Waals surface area contributed by atoms with Crippen molar-refractivity contribution in [3.05, 3.63) is 65.7 Å². The van der Waals surface area contributed by atoms with Crippen molar-refractivity contribution in [2.24, 2.45) is 11.7 Å². The minimum Gasteiger partial charge on any atom is -0.493 e. The van der Waals surface area contributed by atoms with E-state index >= 15 is 0 Å². The number of aliphatic hydroxyl groups is 1. The molecule has 2 rings (SSSR count). The van der Waals surface area contributed by atoms with Crippen LogP contribution in [0.5, 0.6) is 5.75 Å². The molecule has 0 heterocycles. The molecule has 2 aromatic carbocycles. The SMILES string of the molecule is COC(=O)Cc1ccc(OC[C@H](C)C[C@](N)(O)c2ccccc2)cc1. The van der Waals surface area contributed by atoms with E-state index in [1.807, 2.05) is 61.5 Å². The van der Waals surface area contributed by atoms with Crippen molar-refractivity contribution in [1.82, 2.24) is 0 Å². The standard InChI is InChI=1S/C20H25NO4/c1-15(13-20(21,23)17-6-4-3-5-7-17)14-25-18-10-8-16(9-11-18)12-19(22)24-2/h3-11,15,23H,12-14,21H2,1-2H3/t15-,20+/m1/s1. The van der Waals surface area contributed by atoms with E-state index in [-0.39, 0.29) is 18.3 Å². The highest BCUT2D eigenvalue weighted by Gasteiger charge is 2.26. The van der Waals surface area contributed by atoms with Crippen molar-refractivity contribution in [2.45, 2.75) is 25.5 Å². The fourth-order valence-corrected chi connectivity index (χ4v) is 2.62. The van der Waals surface area contributed by atoms with Crippen LogP contribution in [0.15, 0.2) is 54.6 Å². The predicted octanol–water partition coefficient (Wildman–Crippen LogP) is 2.61. The summed E-state index contributed by atoms with van der Waals surface area (Å²) in [7, 11) is 1.37. The molecule has 5 heteroatoms. The van der Waals surface area contributed by atoms with Crippen LogP contribution in [0.4, 0.5) is 0 Å². The Labute approximate surface area is 148 Å². The predicted molar refractivity (Wildman–Crippen MR) is 96.0 cm³/mol. The summed E-state index contributed by atoms with van der Waals surface area (Å²) in [6.45, 7) is 2.41. The molecule has 0 spiro atoms. The molecule has 0 saturated heterocycles. The molecule has 0 aliphatic carbocycles. The Morgan fingerprint density at radius 2 is 1.80 bits per heavy atom. The third-order valence-corrected chi connectivity index (χ3v) is 3.97. The molecule has 0 aliphatic heterocycles. The molecule has 0 bridgehead atoms. The van der Waals surface area contributed by atoms with E-state index in [9.17, 15) is 9.90 Å². The van der Waals surface area contributed by atoms with Gasteiger partial charge >= 0.3 is 5.97 Å². The van der Waals surface area contributed by atoms with Crippen LogP contribution in [-0.2, 0) is 21.7 Å². The summed E-state index contributed by atoms with van der Waals surface area (Å²) in [5.41, 5.74) is 6.22. The van der Waals surface area contributed by atoms with Gasteiger partial charge in [-0.05, 0) is 35.6 Å². The first-order chi connectivity index (χ1) is 11.9. The molecule has 2 aromatic rings.